The van der Waals surface area contributed by atoms with Gasteiger partial charge in [-0.1, -0.05) is 101 Å². The Hall–Kier alpha value is -1.82. The van der Waals surface area contributed by atoms with Crippen LogP contribution < -0.4 is 0 Å². The van der Waals surface area contributed by atoms with Gasteiger partial charge in [0.1, 0.15) is 0 Å². The molecule has 0 saturated carbocycles. The SMILES string of the molecule is Cc1ccc(C)c(CSc2nnc(SCc3cccc4ccccc34)s2)c1. The van der Waals surface area contributed by atoms with E-state index >= 15 is 0 Å². The van der Waals surface area contributed by atoms with E-state index in [1.807, 2.05) is 0 Å². The molecule has 0 aliphatic carbocycles. The number of aryl methyl sites for hydroxylation is 2. The fraction of sp³-hybridized carbons (Fsp3) is 0.182. The lowest BCUT2D eigenvalue weighted by Gasteiger charge is -2.05. The third-order valence-corrected chi connectivity index (χ3v) is 7.76. The van der Waals surface area contributed by atoms with E-state index in [2.05, 4.69) is 84.7 Å². The van der Waals surface area contributed by atoms with Crippen LogP contribution in [0.1, 0.15) is 22.3 Å². The van der Waals surface area contributed by atoms with Gasteiger partial charge in [-0.2, -0.15) is 0 Å². The molecule has 0 aliphatic heterocycles. The summed E-state index contributed by atoms with van der Waals surface area (Å²) in [6.07, 6.45) is 0. The van der Waals surface area contributed by atoms with Crippen molar-refractivity contribution in [1.29, 1.82) is 0 Å². The Labute approximate surface area is 172 Å². The zero-order valence-corrected chi connectivity index (χ0v) is 17.8. The summed E-state index contributed by atoms with van der Waals surface area (Å²) >= 11 is 5.23. The van der Waals surface area contributed by atoms with Gasteiger partial charge in [-0.3, -0.25) is 0 Å². The fourth-order valence-corrected chi connectivity index (χ4v) is 6.05. The summed E-state index contributed by atoms with van der Waals surface area (Å²) in [6, 6.07) is 21.7. The second-order valence-corrected chi connectivity index (χ2v) is 9.90. The van der Waals surface area contributed by atoms with E-state index in [-0.39, 0.29) is 0 Å². The minimum Gasteiger partial charge on any atom is -0.131 e. The number of fused-ring (bicyclic) bond motifs is 1. The van der Waals surface area contributed by atoms with E-state index in [4.69, 9.17) is 0 Å². The lowest BCUT2D eigenvalue weighted by Crippen LogP contribution is -1.87. The van der Waals surface area contributed by atoms with Crippen molar-refractivity contribution in [3.8, 4) is 0 Å². The largest absolute Gasteiger partial charge is 0.175 e. The van der Waals surface area contributed by atoms with Crippen LogP contribution in [0.3, 0.4) is 0 Å². The average Bonchev–Trinajstić information content (AvgIpc) is 3.15. The van der Waals surface area contributed by atoms with Gasteiger partial charge in [0.25, 0.3) is 0 Å². The highest BCUT2D eigenvalue weighted by Gasteiger charge is 2.09. The molecule has 4 aromatic rings. The first-order chi connectivity index (χ1) is 13.2. The van der Waals surface area contributed by atoms with Crippen LogP contribution >= 0.6 is 34.9 Å². The zero-order chi connectivity index (χ0) is 18.6. The lowest BCUT2D eigenvalue weighted by molar-refractivity contribution is 0.954. The molecule has 0 fully saturated rings. The van der Waals surface area contributed by atoms with Gasteiger partial charge in [0.05, 0.1) is 0 Å². The lowest BCUT2D eigenvalue weighted by atomic mass is 10.1. The number of rotatable bonds is 6. The highest BCUT2D eigenvalue weighted by molar-refractivity contribution is 8.02. The predicted molar refractivity (Wildman–Crippen MR) is 119 cm³/mol. The molecule has 0 radical (unpaired) electrons. The van der Waals surface area contributed by atoms with E-state index in [1.54, 1.807) is 34.9 Å². The Balaban J connectivity index is 1.40. The number of benzene rings is 3. The molecule has 3 aromatic carbocycles. The first-order valence-electron chi connectivity index (χ1n) is 8.81. The van der Waals surface area contributed by atoms with Crippen molar-refractivity contribution in [2.45, 2.75) is 34.0 Å². The molecule has 5 heteroatoms. The topological polar surface area (TPSA) is 25.8 Å². The minimum atomic E-state index is 0.914. The standard InChI is InChI=1S/C22H20N2S3/c1-15-10-11-16(2)19(12-15)14-26-22-24-23-21(27-22)25-13-18-8-5-7-17-6-3-4-9-20(17)18/h3-12H,13-14H2,1-2H3. The number of nitrogens with zero attached hydrogens (tertiary/aromatic N) is 2. The molecule has 27 heavy (non-hydrogen) atoms. The van der Waals surface area contributed by atoms with E-state index < -0.39 is 0 Å². The molecule has 0 bridgehead atoms. The summed E-state index contributed by atoms with van der Waals surface area (Å²) in [6.45, 7) is 4.31. The third kappa shape index (κ3) is 4.54. The maximum atomic E-state index is 4.37. The van der Waals surface area contributed by atoms with Gasteiger partial charge in [0.15, 0.2) is 8.68 Å². The van der Waals surface area contributed by atoms with Gasteiger partial charge in [0, 0.05) is 11.5 Å². The van der Waals surface area contributed by atoms with Crippen molar-refractivity contribution in [1.82, 2.24) is 10.2 Å². The van der Waals surface area contributed by atoms with Gasteiger partial charge in [-0.15, -0.1) is 10.2 Å². The molecule has 0 atom stereocenters. The van der Waals surface area contributed by atoms with Crippen molar-refractivity contribution in [3.05, 3.63) is 82.9 Å². The molecule has 0 aliphatic rings. The number of hydrogen-bond acceptors (Lipinski definition) is 5. The summed E-state index contributed by atoms with van der Waals surface area (Å²) in [7, 11) is 0. The van der Waals surface area contributed by atoms with Gasteiger partial charge in [-0.25, -0.2) is 0 Å². The van der Waals surface area contributed by atoms with Crippen LogP contribution in [0.4, 0.5) is 0 Å². The Morgan fingerprint density at radius 1 is 0.778 bits per heavy atom. The number of thioether (sulfide) groups is 2. The summed E-state index contributed by atoms with van der Waals surface area (Å²) in [4.78, 5) is 0. The summed E-state index contributed by atoms with van der Waals surface area (Å²) in [5.74, 6) is 1.85. The van der Waals surface area contributed by atoms with E-state index in [1.165, 1.54) is 33.0 Å². The molecule has 1 heterocycles. The van der Waals surface area contributed by atoms with Crippen LogP contribution in [0.25, 0.3) is 10.8 Å². The molecule has 0 amide bonds. The van der Waals surface area contributed by atoms with Crippen LogP contribution in [0.15, 0.2) is 69.3 Å². The number of hydrogen-bond donors (Lipinski definition) is 0. The van der Waals surface area contributed by atoms with E-state index in [9.17, 15) is 0 Å². The first kappa shape index (κ1) is 18.5. The minimum absolute atomic E-state index is 0.914. The first-order valence-corrected chi connectivity index (χ1v) is 11.6. The van der Waals surface area contributed by atoms with Crippen LogP contribution in [0.2, 0.25) is 0 Å². The Morgan fingerprint density at radius 2 is 1.48 bits per heavy atom. The van der Waals surface area contributed by atoms with Gasteiger partial charge in [0.2, 0.25) is 0 Å². The molecule has 0 N–H and O–H groups in total. The maximum Gasteiger partial charge on any atom is 0.175 e. The molecule has 0 saturated heterocycles. The molecule has 2 nitrogen and oxygen atoms in total. The molecule has 136 valence electrons. The summed E-state index contributed by atoms with van der Waals surface area (Å²) < 4.78 is 2.07. The maximum absolute atomic E-state index is 4.37. The smallest absolute Gasteiger partial charge is 0.131 e. The van der Waals surface area contributed by atoms with E-state index in [0.29, 0.717) is 0 Å². The van der Waals surface area contributed by atoms with Crippen LogP contribution in [-0.4, -0.2) is 10.2 Å². The molecular formula is C22H20N2S3. The highest BCUT2D eigenvalue weighted by Crippen LogP contribution is 2.34. The predicted octanol–water partition coefficient (Wildman–Crippen LogP) is 6.89. The highest BCUT2D eigenvalue weighted by atomic mass is 32.2. The number of aromatic nitrogens is 2. The fourth-order valence-electron chi connectivity index (χ4n) is 2.97. The van der Waals surface area contributed by atoms with Crippen molar-refractivity contribution in [2.24, 2.45) is 0 Å². The zero-order valence-electron chi connectivity index (χ0n) is 15.3. The van der Waals surface area contributed by atoms with Crippen molar-refractivity contribution in [2.75, 3.05) is 0 Å². The Bertz CT molecular complexity index is 1070. The van der Waals surface area contributed by atoms with Crippen molar-refractivity contribution >= 4 is 45.6 Å². The van der Waals surface area contributed by atoms with Crippen LogP contribution in [-0.2, 0) is 11.5 Å². The molecule has 1 aromatic heterocycles. The molecular weight excluding hydrogens is 388 g/mol. The van der Waals surface area contributed by atoms with Crippen LogP contribution in [0.5, 0.6) is 0 Å². The summed E-state index contributed by atoms with van der Waals surface area (Å²) in [5, 5.41) is 11.4. The van der Waals surface area contributed by atoms with E-state index in [0.717, 1.165) is 20.2 Å². The Kier molecular flexibility index (Phi) is 5.81. The second kappa shape index (κ2) is 8.46. The van der Waals surface area contributed by atoms with Crippen molar-refractivity contribution < 1.29 is 0 Å². The quantitative estimate of drug-likeness (QED) is 0.324. The van der Waals surface area contributed by atoms with Crippen LogP contribution in [0, 0.1) is 13.8 Å². The van der Waals surface area contributed by atoms with Gasteiger partial charge < -0.3 is 0 Å². The second-order valence-electron chi connectivity index (χ2n) is 6.48. The average molecular weight is 409 g/mol. The summed E-state index contributed by atoms with van der Waals surface area (Å²) in [5.41, 5.74) is 5.36. The monoisotopic (exact) mass is 408 g/mol. The van der Waals surface area contributed by atoms with Gasteiger partial charge >= 0.3 is 0 Å². The normalized spacial score (nSPS) is 11.2. The van der Waals surface area contributed by atoms with Crippen molar-refractivity contribution in [3.63, 3.8) is 0 Å². The third-order valence-electron chi connectivity index (χ3n) is 4.47. The Morgan fingerprint density at radius 3 is 2.30 bits per heavy atom. The molecule has 0 unspecified atom stereocenters. The molecule has 0 spiro atoms. The van der Waals surface area contributed by atoms with Gasteiger partial charge in [-0.05, 0) is 41.3 Å². The molecule has 4 rings (SSSR count).